The standard InChI is InChI=1S/C23H40N2O5S/c1-2-31(27,28)25-12-5-19(6-13-25)16-29-14-9-21-15-22(21)20-7-10-24(11-8-20)23(26)30-17-18-3-4-18/h18-22H,2-17H2,1H3. The molecule has 2 atom stereocenters. The third-order valence-electron chi connectivity index (χ3n) is 7.84. The zero-order valence-electron chi connectivity index (χ0n) is 19.0. The van der Waals surface area contributed by atoms with Gasteiger partial charge in [-0.1, -0.05) is 0 Å². The van der Waals surface area contributed by atoms with Crippen LogP contribution in [0.3, 0.4) is 0 Å². The average molecular weight is 457 g/mol. The molecule has 4 rings (SSSR count). The van der Waals surface area contributed by atoms with Gasteiger partial charge in [0.05, 0.1) is 12.4 Å². The van der Waals surface area contributed by atoms with Gasteiger partial charge >= 0.3 is 6.09 Å². The molecule has 0 bridgehead atoms. The van der Waals surface area contributed by atoms with Gasteiger partial charge in [0.2, 0.25) is 10.0 Å². The molecule has 0 spiro atoms. The van der Waals surface area contributed by atoms with Crippen molar-refractivity contribution in [1.29, 1.82) is 0 Å². The average Bonchev–Trinajstić information content (AvgIpc) is 3.71. The lowest BCUT2D eigenvalue weighted by molar-refractivity contribution is 0.0721. The highest BCUT2D eigenvalue weighted by Gasteiger charge is 2.43. The summed E-state index contributed by atoms with van der Waals surface area (Å²) in [4.78, 5) is 14.0. The molecule has 178 valence electrons. The number of carbonyl (C=O) groups excluding carboxylic acids is 1. The van der Waals surface area contributed by atoms with Crippen LogP contribution in [0.25, 0.3) is 0 Å². The van der Waals surface area contributed by atoms with Gasteiger partial charge in [-0.3, -0.25) is 0 Å². The molecule has 1 amide bonds. The first-order valence-corrected chi connectivity index (χ1v) is 14.0. The van der Waals surface area contributed by atoms with Crippen LogP contribution >= 0.6 is 0 Å². The summed E-state index contributed by atoms with van der Waals surface area (Å²) in [7, 11) is -3.04. The van der Waals surface area contributed by atoms with E-state index >= 15 is 0 Å². The highest BCUT2D eigenvalue weighted by atomic mass is 32.2. The molecule has 2 saturated carbocycles. The highest BCUT2D eigenvalue weighted by molar-refractivity contribution is 7.89. The first-order valence-electron chi connectivity index (χ1n) is 12.4. The molecular formula is C23H40N2O5S. The number of likely N-dealkylation sites (tertiary alicyclic amines) is 1. The summed E-state index contributed by atoms with van der Waals surface area (Å²) in [6.07, 6.45) is 8.81. The lowest BCUT2D eigenvalue weighted by Crippen LogP contribution is -2.40. The van der Waals surface area contributed by atoms with Crippen molar-refractivity contribution in [3.63, 3.8) is 0 Å². The Labute approximate surface area is 187 Å². The molecule has 2 aliphatic heterocycles. The highest BCUT2D eigenvalue weighted by Crippen LogP contribution is 2.49. The molecule has 7 nitrogen and oxygen atoms in total. The predicted octanol–water partition coefficient (Wildman–Crippen LogP) is 3.35. The summed E-state index contributed by atoms with van der Waals surface area (Å²) >= 11 is 0. The zero-order valence-corrected chi connectivity index (χ0v) is 19.9. The second kappa shape index (κ2) is 10.4. The molecule has 4 fully saturated rings. The minimum atomic E-state index is -3.04. The van der Waals surface area contributed by atoms with E-state index in [9.17, 15) is 13.2 Å². The van der Waals surface area contributed by atoms with Crippen molar-refractivity contribution in [2.75, 3.05) is 51.8 Å². The fraction of sp³-hybridized carbons (Fsp3) is 0.957. The lowest BCUT2D eigenvalue weighted by atomic mass is 9.91. The van der Waals surface area contributed by atoms with E-state index in [4.69, 9.17) is 9.47 Å². The molecule has 8 heteroatoms. The number of hydrogen-bond acceptors (Lipinski definition) is 5. The van der Waals surface area contributed by atoms with Crippen molar-refractivity contribution >= 4 is 16.1 Å². The van der Waals surface area contributed by atoms with Gasteiger partial charge in [0, 0.05) is 39.4 Å². The topological polar surface area (TPSA) is 76.2 Å². The zero-order chi connectivity index (χ0) is 21.8. The van der Waals surface area contributed by atoms with Crippen LogP contribution in [0.15, 0.2) is 0 Å². The van der Waals surface area contributed by atoms with Gasteiger partial charge in [0.15, 0.2) is 0 Å². The Bertz CT molecular complexity index is 695. The van der Waals surface area contributed by atoms with Crippen molar-refractivity contribution in [3.05, 3.63) is 0 Å². The van der Waals surface area contributed by atoms with Crippen molar-refractivity contribution in [2.24, 2.45) is 29.6 Å². The van der Waals surface area contributed by atoms with Gasteiger partial charge in [0.1, 0.15) is 0 Å². The van der Waals surface area contributed by atoms with Gasteiger partial charge in [-0.05, 0) is 87.9 Å². The number of ether oxygens (including phenoxy) is 2. The molecule has 2 saturated heterocycles. The van der Waals surface area contributed by atoms with Gasteiger partial charge in [-0.25, -0.2) is 17.5 Å². The fourth-order valence-corrected chi connectivity index (χ4v) is 6.41. The Balaban J connectivity index is 1.04. The summed E-state index contributed by atoms with van der Waals surface area (Å²) in [6, 6.07) is 0. The second-order valence-electron chi connectivity index (χ2n) is 10.1. The van der Waals surface area contributed by atoms with Crippen LogP contribution in [0.2, 0.25) is 0 Å². The van der Waals surface area contributed by atoms with E-state index in [-0.39, 0.29) is 11.8 Å². The van der Waals surface area contributed by atoms with Crippen LogP contribution in [0, 0.1) is 29.6 Å². The number of hydrogen-bond donors (Lipinski definition) is 0. The van der Waals surface area contributed by atoms with Crippen LogP contribution in [0.4, 0.5) is 4.79 Å². The first-order chi connectivity index (χ1) is 15.0. The van der Waals surface area contributed by atoms with Crippen LogP contribution in [-0.4, -0.2) is 75.5 Å². The van der Waals surface area contributed by atoms with Gasteiger partial charge in [-0.15, -0.1) is 0 Å². The van der Waals surface area contributed by atoms with Gasteiger partial charge in [-0.2, -0.15) is 0 Å². The SMILES string of the molecule is CCS(=O)(=O)N1CCC(COCCC2CC2C2CCN(C(=O)OCC3CC3)CC2)CC1. The lowest BCUT2D eigenvalue weighted by Gasteiger charge is -2.31. The quantitative estimate of drug-likeness (QED) is 0.471. The van der Waals surface area contributed by atoms with E-state index < -0.39 is 10.0 Å². The number of sulfonamides is 1. The van der Waals surface area contributed by atoms with Crippen molar-refractivity contribution in [3.8, 4) is 0 Å². The third kappa shape index (κ3) is 6.57. The Morgan fingerprint density at radius 1 is 0.935 bits per heavy atom. The molecule has 0 aromatic heterocycles. The van der Waals surface area contributed by atoms with Crippen LogP contribution < -0.4 is 0 Å². The maximum absolute atomic E-state index is 12.1. The minimum Gasteiger partial charge on any atom is -0.449 e. The predicted molar refractivity (Wildman–Crippen MR) is 119 cm³/mol. The molecule has 0 N–H and O–H groups in total. The number of carbonyl (C=O) groups is 1. The first kappa shape index (κ1) is 23.3. The summed E-state index contributed by atoms with van der Waals surface area (Å²) in [6.45, 7) is 6.88. The van der Waals surface area contributed by atoms with E-state index in [1.165, 1.54) is 19.3 Å². The summed E-state index contributed by atoms with van der Waals surface area (Å²) < 4.78 is 36.9. The largest absolute Gasteiger partial charge is 0.449 e. The maximum atomic E-state index is 12.1. The summed E-state index contributed by atoms with van der Waals surface area (Å²) in [5, 5.41) is 0. The van der Waals surface area contributed by atoms with E-state index in [0.29, 0.717) is 31.5 Å². The monoisotopic (exact) mass is 456 g/mol. The molecule has 2 heterocycles. The molecule has 0 aromatic rings. The Morgan fingerprint density at radius 3 is 2.26 bits per heavy atom. The number of amides is 1. The van der Waals surface area contributed by atoms with E-state index in [2.05, 4.69) is 0 Å². The van der Waals surface area contributed by atoms with Crippen LogP contribution in [-0.2, 0) is 19.5 Å². The molecule has 0 radical (unpaired) electrons. The normalized spacial score (nSPS) is 28.6. The van der Waals surface area contributed by atoms with Gasteiger partial charge in [0.25, 0.3) is 0 Å². The Morgan fingerprint density at radius 2 is 1.61 bits per heavy atom. The van der Waals surface area contributed by atoms with Crippen molar-refractivity contribution in [1.82, 2.24) is 9.21 Å². The van der Waals surface area contributed by atoms with Crippen molar-refractivity contribution in [2.45, 2.75) is 58.3 Å². The maximum Gasteiger partial charge on any atom is 0.409 e. The molecule has 31 heavy (non-hydrogen) atoms. The minimum absolute atomic E-state index is 0.107. The number of nitrogens with zero attached hydrogens (tertiary/aromatic N) is 2. The summed E-state index contributed by atoms with van der Waals surface area (Å²) in [5.41, 5.74) is 0. The van der Waals surface area contributed by atoms with E-state index in [1.54, 1.807) is 11.2 Å². The molecule has 2 unspecified atom stereocenters. The molecular weight excluding hydrogens is 416 g/mol. The fourth-order valence-electron chi connectivity index (χ4n) is 5.28. The molecule has 2 aliphatic carbocycles. The molecule has 4 aliphatic rings. The van der Waals surface area contributed by atoms with E-state index in [1.807, 2.05) is 4.90 Å². The van der Waals surface area contributed by atoms with Gasteiger partial charge < -0.3 is 14.4 Å². The van der Waals surface area contributed by atoms with E-state index in [0.717, 1.165) is 76.2 Å². The number of rotatable bonds is 10. The van der Waals surface area contributed by atoms with Crippen LogP contribution in [0.1, 0.15) is 58.3 Å². The third-order valence-corrected chi connectivity index (χ3v) is 9.72. The smallest absolute Gasteiger partial charge is 0.409 e. The second-order valence-corrected chi connectivity index (χ2v) is 12.4. The Kier molecular flexibility index (Phi) is 7.81. The van der Waals surface area contributed by atoms with Crippen molar-refractivity contribution < 1.29 is 22.7 Å². The molecule has 0 aromatic carbocycles. The Hall–Kier alpha value is -0.860. The number of piperidine rings is 2. The van der Waals surface area contributed by atoms with Crippen LogP contribution in [0.5, 0.6) is 0 Å². The summed E-state index contributed by atoms with van der Waals surface area (Å²) in [5.74, 6) is 3.66.